The molecule has 30 heteroatoms. The van der Waals surface area contributed by atoms with Gasteiger partial charge in [-0.3, -0.25) is 24.6 Å². The van der Waals surface area contributed by atoms with Crippen LogP contribution >= 0.6 is 35.0 Å². The van der Waals surface area contributed by atoms with Gasteiger partial charge in [0.25, 0.3) is 0 Å². The highest BCUT2D eigenvalue weighted by atomic mass is 35.5. The summed E-state index contributed by atoms with van der Waals surface area (Å²) in [4.78, 5) is 83.1. The van der Waals surface area contributed by atoms with Crippen LogP contribution in [-0.4, -0.2) is 172 Å². The molecule has 4 saturated heterocycles. The van der Waals surface area contributed by atoms with Crippen LogP contribution in [0.3, 0.4) is 0 Å². The van der Waals surface area contributed by atoms with Crippen LogP contribution in [0, 0.1) is 6.92 Å². The first-order valence-corrected chi connectivity index (χ1v) is 48.7. The van der Waals surface area contributed by atoms with E-state index in [0.717, 1.165) is 190 Å². The first kappa shape index (κ1) is 95.3. The van der Waals surface area contributed by atoms with Crippen molar-refractivity contribution in [2.45, 2.75) is 232 Å². The monoisotopic (exact) mass is 1920 g/mol. The first-order valence-electron chi connectivity index (χ1n) is 46.9. The number of nitrogens with zero attached hydrogens (tertiary/aromatic N) is 9. The minimum Gasteiger partial charge on any atom is -0.478 e. The SMILES string of the molecule is CC1(C)CCSc2c(C3CC3)cc(CN3CCC4(CC3)CC(c3ccc(C(=O)O)cc3)=NO4)cc21.Cc1cc(-c2cccnc2)c(CN2CCC3(CC2)CC(c2ccc(C(=O)O)cc2)=NO3)cc1C(F)(F)F.O=C(O)c1ccc(C2=NOC3(CCN(Cc4cc(C(F)(F)F)ccc4C4CC4)CC3)C2)cc1.O=C(O)c1ccc(C2=NOC3(CCN(Cc4cc(Cl)c(Cl)c(C5CC5)c4)CC3)C2)cc1. The third kappa shape index (κ3) is 22.1. The van der Waals surface area contributed by atoms with Crippen molar-refractivity contribution in [2.75, 3.05) is 58.1 Å². The van der Waals surface area contributed by atoms with E-state index in [0.29, 0.717) is 84.9 Å². The molecule has 21 nitrogen and oxygen atoms in total. The van der Waals surface area contributed by atoms with E-state index in [-0.39, 0.29) is 38.9 Å². The minimum absolute atomic E-state index is 0.188. The molecule has 0 bridgehead atoms. The topological polar surface area (TPSA) is 261 Å². The van der Waals surface area contributed by atoms with E-state index in [1.54, 1.807) is 119 Å². The molecule has 21 rings (SSSR count). The second kappa shape index (κ2) is 39.1. The van der Waals surface area contributed by atoms with E-state index in [1.807, 2.05) is 36.4 Å². The average molecular weight is 1920 g/mol. The Kier molecular flexibility index (Phi) is 27.4. The molecule has 4 N–H and O–H groups in total. The van der Waals surface area contributed by atoms with Crippen LogP contribution in [0.2, 0.25) is 10.0 Å². The molecular weight excluding hydrogens is 1810 g/mol. The number of pyridine rings is 1. The summed E-state index contributed by atoms with van der Waals surface area (Å²) >= 11 is 14.9. The van der Waals surface area contributed by atoms with Crippen LogP contribution in [0.4, 0.5) is 26.3 Å². The molecule has 0 amide bonds. The number of aromatic carboxylic acids is 4. The van der Waals surface area contributed by atoms with Gasteiger partial charge in [-0.05, 0) is 238 Å². The zero-order chi connectivity index (χ0) is 95.2. The van der Waals surface area contributed by atoms with Gasteiger partial charge >= 0.3 is 36.2 Å². The van der Waals surface area contributed by atoms with Crippen molar-refractivity contribution in [2.24, 2.45) is 20.6 Å². The van der Waals surface area contributed by atoms with Crippen molar-refractivity contribution in [3.05, 3.63) is 292 Å². The fraction of sp³-hybridized carbons (Fsp3) is 0.425. The number of halogens is 8. The molecule has 3 aliphatic carbocycles. The van der Waals surface area contributed by atoms with Crippen molar-refractivity contribution in [1.29, 1.82) is 0 Å². The van der Waals surface area contributed by atoms with Crippen LogP contribution in [0.1, 0.15) is 278 Å². The van der Waals surface area contributed by atoms with E-state index >= 15 is 0 Å². The second-order valence-electron chi connectivity index (χ2n) is 39.4. The summed E-state index contributed by atoms with van der Waals surface area (Å²) in [5.41, 5.74) is 17.0. The summed E-state index contributed by atoms with van der Waals surface area (Å²) < 4.78 is 80.9. The van der Waals surface area contributed by atoms with Crippen LogP contribution in [0.5, 0.6) is 0 Å². The number of carboxylic acids is 4. The predicted molar refractivity (Wildman–Crippen MR) is 510 cm³/mol. The number of aryl methyl sites for hydroxylation is 1. The number of piperidine rings is 4. The molecule has 10 heterocycles. The molecule has 1 aromatic heterocycles. The van der Waals surface area contributed by atoms with Gasteiger partial charge in [0.05, 0.1) is 66.3 Å². The Morgan fingerprint density at radius 3 is 1.18 bits per heavy atom. The molecule has 12 aliphatic rings. The van der Waals surface area contributed by atoms with Gasteiger partial charge in [0.15, 0.2) is 0 Å². The summed E-state index contributed by atoms with van der Waals surface area (Å²) in [6.45, 7) is 15.7. The van der Waals surface area contributed by atoms with Crippen LogP contribution < -0.4 is 0 Å². The standard InChI is InChI=1S/C29H34N2O3S.C28H26F3N3O3.C25H25F3N2O3.C24H24Cl2N2O3/c1-28(2)11-14-35-26-23(20-3-4-20)15-19(16-24(26)28)18-31-12-9-29(10-13-31)17-25(30-34-29)21-5-7-22(8-6-21)27(32)33;1-18-13-23(21-3-2-10-32-16-21)22(14-24(18)28(29,30)31)17-34-11-8-27(9-12-34)15-25(33-37-27)19-4-6-20(7-5-19)26(35)36;26-25(27,28)20-7-8-21(16-1-2-16)19(13-20)15-30-11-9-24(10-12-30)14-22(29-33-24)17-3-5-18(6-4-17)23(31)32;25-20-12-15(11-19(22(20)26)16-1-2-16)14-28-9-7-24(8-10-28)13-21(27-31-24)17-3-5-18(6-4-17)23(29)30/h5-8,15-16,20H,3-4,9-14,17-18H2,1-2H3,(H,32,33);2-7,10,13-14,16H,8-9,11-12,15,17H2,1H3,(H,35,36);3-8,13,16H,1-2,9-12,14-15H2,(H,31,32);3-6,11-12,16H,1-2,7-10,13-14H2,(H,29,30). The number of thioether (sulfide) groups is 1. The third-order valence-corrected chi connectivity index (χ3v) is 31.1. The van der Waals surface area contributed by atoms with Gasteiger partial charge < -0.3 is 39.8 Å². The second-order valence-corrected chi connectivity index (χ2v) is 41.3. The molecule has 9 aliphatic heterocycles. The smallest absolute Gasteiger partial charge is 0.416 e. The lowest BCUT2D eigenvalue weighted by atomic mass is 9.79. The van der Waals surface area contributed by atoms with Crippen molar-refractivity contribution >= 4 is 81.7 Å². The van der Waals surface area contributed by atoms with Gasteiger partial charge in [-0.2, -0.15) is 26.3 Å². The summed E-state index contributed by atoms with van der Waals surface area (Å²) in [6.07, 6.45) is 12.4. The van der Waals surface area contributed by atoms with Gasteiger partial charge in [0.1, 0.15) is 22.4 Å². The Morgan fingerprint density at radius 2 is 0.801 bits per heavy atom. The van der Waals surface area contributed by atoms with Gasteiger partial charge in [-0.15, -0.1) is 11.8 Å². The third-order valence-electron chi connectivity index (χ3n) is 29.1. The fourth-order valence-electron chi connectivity index (χ4n) is 20.3. The molecule has 9 aromatic rings. The summed E-state index contributed by atoms with van der Waals surface area (Å²) in [5, 5.41) is 55.1. The van der Waals surface area contributed by atoms with E-state index in [2.05, 4.69) is 89.0 Å². The molecule has 136 heavy (non-hydrogen) atoms. The van der Waals surface area contributed by atoms with Crippen molar-refractivity contribution < 1.29 is 85.3 Å². The number of carboxylic acid groups (broad SMARTS) is 4. The molecule has 712 valence electrons. The summed E-state index contributed by atoms with van der Waals surface area (Å²) in [7, 11) is 0. The largest absolute Gasteiger partial charge is 0.478 e. The molecule has 0 atom stereocenters. The Labute approximate surface area is 800 Å². The quantitative estimate of drug-likeness (QED) is 0.0517. The Bertz CT molecular complexity index is 6120. The highest BCUT2D eigenvalue weighted by molar-refractivity contribution is 7.99. The zero-order valence-corrected chi connectivity index (χ0v) is 78.4. The van der Waals surface area contributed by atoms with Crippen LogP contribution in [-0.2, 0) is 63.3 Å². The average Bonchev–Trinajstić information content (AvgIpc) is 1.77. The van der Waals surface area contributed by atoms with Crippen molar-refractivity contribution in [3.8, 4) is 11.1 Å². The molecule has 3 saturated carbocycles. The molecule has 0 unspecified atom stereocenters. The molecule has 8 aromatic carbocycles. The number of oxime groups is 4. The maximum atomic E-state index is 13.7. The number of hydrogen-bond acceptors (Lipinski definition) is 18. The Balaban J connectivity index is 0.000000121. The van der Waals surface area contributed by atoms with Gasteiger partial charge in [0.2, 0.25) is 0 Å². The highest BCUT2D eigenvalue weighted by Crippen LogP contribution is 2.53. The molecule has 0 radical (unpaired) electrons. The van der Waals surface area contributed by atoms with Crippen LogP contribution in [0.25, 0.3) is 11.1 Å². The fourth-order valence-corrected chi connectivity index (χ4v) is 22.5. The first-order chi connectivity index (χ1) is 65.1. The van der Waals surface area contributed by atoms with E-state index in [4.69, 9.17) is 63.0 Å². The summed E-state index contributed by atoms with van der Waals surface area (Å²) in [6, 6.07) is 46.9. The van der Waals surface area contributed by atoms with Gasteiger partial charge in [0, 0.05) is 178 Å². The van der Waals surface area contributed by atoms with Crippen molar-refractivity contribution in [3.63, 3.8) is 0 Å². The zero-order valence-electron chi connectivity index (χ0n) is 76.1. The van der Waals surface area contributed by atoms with E-state index < -0.39 is 58.6 Å². The number of likely N-dealkylation sites (tertiary alicyclic amines) is 4. The number of carbonyl (C=O) groups is 4. The van der Waals surface area contributed by atoms with E-state index in [1.165, 1.54) is 79.7 Å². The summed E-state index contributed by atoms with van der Waals surface area (Å²) in [5.74, 6) is -0.811. The number of alkyl halides is 6. The number of fused-ring (bicyclic) bond motifs is 1. The molecule has 7 fully saturated rings. The Morgan fingerprint density at radius 1 is 0.426 bits per heavy atom. The van der Waals surface area contributed by atoms with Crippen molar-refractivity contribution in [1.82, 2.24) is 24.6 Å². The van der Waals surface area contributed by atoms with Crippen LogP contribution in [0.15, 0.2) is 202 Å². The maximum Gasteiger partial charge on any atom is 0.416 e. The number of rotatable bonds is 20. The molecular formula is C106H109Cl2F6N9O12S. The number of hydrogen-bond donors (Lipinski definition) is 4. The van der Waals surface area contributed by atoms with Gasteiger partial charge in [-0.25, -0.2) is 19.2 Å². The number of aromatic nitrogens is 1. The lowest BCUT2D eigenvalue weighted by Gasteiger charge is -2.38. The van der Waals surface area contributed by atoms with Gasteiger partial charge in [-0.1, -0.05) is 143 Å². The Hall–Kier alpha value is -11.0. The lowest BCUT2D eigenvalue weighted by molar-refractivity contribution is -0.138. The maximum absolute atomic E-state index is 13.7. The predicted octanol–water partition coefficient (Wildman–Crippen LogP) is 23.3. The minimum atomic E-state index is -4.42. The number of benzene rings is 8. The highest BCUT2D eigenvalue weighted by Gasteiger charge is 2.48. The molecule has 4 spiro atoms. The lowest BCUT2D eigenvalue weighted by Crippen LogP contribution is -2.44. The normalized spacial score (nSPS) is 20.3. The van der Waals surface area contributed by atoms with E-state index in [9.17, 15) is 45.5 Å².